The summed E-state index contributed by atoms with van der Waals surface area (Å²) in [6, 6.07) is 4.16. The molecule has 1 amide bonds. The van der Waals surface area contributed by atoms with Gasteiger partial charge in [0.25, 0.3) is 5.91 Å². The van der Waals surface area contributed by atoms with Crippen LogP contribution in [0.5, 0.6) is 0 Å². The number of benzene rings is 1. The van der Waals surface area contributed by atoms with Gasteiger partial charge in [-0.3, -0.25) is 4.79 Å². The van der Waals surface area contributed by atoms with E-state index in [1.54, 1.807) is 12.1 Å². The van der Waals surface area contributed by atoms with Crippen molar-refractivity contribution in [2.24, 2.45) is 0 Å². The highest BCUT2D eigenvalue weighted by atomic mass is 35.5. The first-order chi connectivity index (χ1) is 9.04. The molecule has 1 fully saturated rings. The second-order valence-electron chi connectivity index (χ2n) is 4.30. The Labute approximate surface area is 121 Å². The van der Waals surface area contributed by atoms with Gasteiger partial charge in [0, 0.05) is 11.6 Å². The Kier molecular flexibility index (Phi) is 4.32. The molecule has 0 spiro atoms. The van der Waals surface area contributed by atoms with Crippen LogP contribution in [0.25, 0.3) is 0 Å². The van der Waals surface area contributed by atoms with E-state index in [-0.39, 0.29) is 5.91 Å². The molecule has 6 heteroatoms. The maximum Gasteiger partial charge on any atom is 0.328 e. The van der Waals surface area contributed by atoms with E-state index in [1.165, 1.54) is 18.1 Å². The Morgan fingerprint density at radius 3 is 2.79 bits per heavy atom. The molecule has 1 atom stereocenters. The van der Waals surface area contributed by atoms with Crippen LogP contribution in [0.3, 0.4) is 0 Å². The molecule has 1 heterocycles. The summed E-state index contributed by atoms with van der Waals surface area (Å²) in [4.78, 5) is 25.6. The number of esters is 1. The minimum Gasteiger partial charge on any atom is -0.467 e. The number of likely N-dealkylation sites (tertiary alicyclic amines) is 1. The van der Waals surface area contributed by atoms with E-state index >= 15 is 0 Å². The smallest absolute Gasteiger partial charge is 0.328 e. The van der Waals surface area contributed by atoms with Gasteiger partial charge in [0.1, 0.15) is 6.04 Å². The Hall–Kier alpha value is -1.26. The SMILES string of the molecule is COC(=O)C1CCCN1C(=O)c1cc(Cl)ccc1Cl. The maximum absolute atomic E-state index is 12.4. The largest absolute Gasteiger partial charge is 0.467 e. The van der Waals surface area contributed by atoms with Crippen molar-refractivity contribution in [2.45, 2.75) is 18.9 Å². The van der Waals surface area contributed by atoms with Crippen LogP contribution in [0.2, 0.25) is 10.0 Å². The van der Waals surface area contributed by atoms with Gasteiger partial charge in [0.2, 0.25) is 0 Å². The molecule has 1 aliphatic rings. The van der Waals surface area contributed by atoms with E-state index in [9.17, 15) is 9.59 Å². The summed E-state index contributed by atoms with van der Waals surface area (Å²) in [5.41, 5.74) is 0.310. The number of rotatable bonds is 2. The molecule has 4 nitrogen and oxygen atoms in total. The molecule has 1 saturated heterocycles. The van der Waals surface area contributed by atoms with E-state index in [4.69, 9.17) is 27.9 Å². The summed E-state index contributed by atoms with van der Waals surface area (Å²) >= 11 is 11.9. The van der Waals surface area contributed by atoms with E-state index in [1.807, 2.05) is 0 Å². The molecule has 1 unspecified atom stereocenters. The van der Waals surface area contributed by atoms with Crippen molar-refractivity contribution in [3.63, 3.8) is 0 Å². The van der Waals surface area contributed by atoms with E-state index < -0.39 is 12.0 Å². The number of carbonyl (C=O) groups is 2. The van der Waals surface area contributed by atoms with Crippen molar-refractivity contribution in [3.05, 3.63) is 33.8 Å². The maximum atomic E-state index is 12.4. The van der Waals surface area contributed by atoms with E-state index in [0.29, 0.717) is 28.6 Å². The Balaban J connectivity index is 2.28. The zero-order valence-electron chi connectivity index (χ0n) is 10.4. The number of halogens is 2. The summed E-state index contributed by atoms with van der Waals surface area (Å²) in [6.07, 6.45) is 1.38. The van der Waals surface area contributed by atoms with Crippen LogP contribution in [-0.4, -0.2) is 36.5 Å². The number of carbonyl (C=O) groups excluding carboxylic acids is 2. The molecule has 0 saturated carbocycles. The van der Waals surface area contributed by atoms with Crippen LogP contribution in [0.4, 0.5) is 0 Å². The first kappa shape index (κ1) is 14.2. The summed E-state index contributed by atoms with van der Waals surface area (Å²) in [5.74, 6) is -0.690. The molecule has 0 bridgehead atoms. The molecule has 0 aromatic heterocycles. The summed E-state index contributed by atoms with van der Waals surface area (Å²) in [6.45, 7) is 0.515. The van der Waals surface area contributed by atoms with Gasteiger partial charge in [-0.05, 0) is 31.0 Å². The lowest BCUT2D eigenvalue weighted by atomic mass is 10.1. The van der Waals surface area contributed by atoms with Crippen LogP contribution in [0.1, 0.15) is 23.2 Å². The molecule has 2 rings (SSSR count). The van der Waals surface area contributed by atoms with Crippen LogP contribution in [0.15, 0.2) is 18.2 Å². The van der Waals surface area contributed by atoms with Gasteiger partial charge in [-0.15, -0.1) is 0 Å². The number of methoxy groups -OCH3 is 1. The highest BCUT2D eigenvalue weighted by Gasteiger charge is 2.35. The van der Waals surface area contributed by atoms with Gasteiger partial charge in [-0.25, -0.2) is 4.79 Å². The molecule has 1 aliphatic heterocycles. The average molecular weight is 302 g/mol. The van der Waals surface area contributed by atoms with Crippen LogP contribution in [-0.2, 0) is 9.53 Å². The zero-order chi connectivity index (χ0) is 14.0. The fourth-order valence-electron chi connectivity index (χ4n) is 2.21. The lowest BCUT2D eigenvalue weighted by Gasteiger charge is -2.23. The monoisotopic (exact) mass is 301 g/mol. The minimum atomic E-state index is -0.535. The normalized spacial score (nSPS) is 18.5. The van der Waals surface area contributed by atoms with Crippen molar-refractivity contribution in [3.8, 4) is 0 Å². The zero-order valence-corrected chi connectivity index (χ0v) is 11.9. The Morgan fingerprint density at radius 1 is 1.37 bits per heavy atom. The van der Waals surface area contributed by atoms with Gasteiger partial charge in [-0.2, -0.15) is 0 Å². The molecule has 0 radical (unpaired) electrons. The van der Waals surface area contributed by atoms with Gasteiger partial charge in [-0.1, -0.05) is 23.2 Å². The predicted molar refractivity (Wildman–Crippen MR) is 72.5 cm³/mol. The molecule has 1 aromatic rings. The van der Waals surface area contributed by atoms with Crippen LogP contribution in [0, 0.1) is 0 Å². The average Bonchev–Trinajstić information content (AvgIpc) is 2.89. The second-order valence-corrected chi connectivity index (χ2v) is 5.15. The molecular weight excluding hydrogens is 289 g/mol. The first-order valence-electron chi connectivity index (χ1n) is 5.88. The third-order valence-corrected chi connectivity index (χ3v) is 3.71. The minimum absolute atomic E-state index is 0.291. The summed E-state index contributed by atoms with van der Waals surface area (Å²) < 4.78 is 4.71. The molecule has 102 valence electrons. The lowest BCUT2D eigenvalue weighted by molar-refractivity contribution is -0.145. The number of ether oxygens (including phenoxy) is 1. The highest BCUT2D eigenvalue weighted by molar-refractivity contribution is 6.35. The van der Waals surface area contributed by atoms with E-state index in [2.05, 4.69) is 0 Å². The molecule has 0 N–H and O–H groups in total. The van der Waals surface area contributed by atoms with Crippen LogP contribution < -0.4 is 0 Å². The van der Waals surface area contributed by atoms with Crippen molar-refractivity contribution in [2.75, 3.05) is 13.7 Å². The van der Waals surface area contributed by atoms with Crippen molar-refractivity contribution in [1.29, 1.82) is 0 Å². The topological polar surface area (TPSA) is 46.6 Å². The van der Waals surface area contributed by atoms with Gasteiger partial charge < -0.3 is 9.64 Å². The van der Waals surface area contributed by atoms with Gasteiger partial charge >= 0.3 is 5.97 Å². The van der Waals surface area contributed by atoms with Gasteiger partial charge in [0.15, 0.2) is 0 Å². The fourth-order valence-corrected chi connectivity index (χ4v) is 2.58. The Bertz CT molecular complexity index is 519. The van der Waals surface area contributed by atoms with Crippen molar-refractivity contribution in [1.82, 2.24) is 4.90 Å². The van der Waals surface area contributed by atoms with Crippen molar-refractivity contribution < 1.29 is 14.3 Å². The molecule has 1 aromatic carbocycles. The number of hydrogen-bond acceptors (Lipinski definition) is 3. The molecule has 19 heavy (non-hydrogen) atoms. The third-order valence-electron chi connectivity index (χ3n) is 3.15. The van der Waals surface area contributed by atoms with E-state index in [0.717, 1.165) is 6.42 Å². The first-order valence-corrected chi connectivity index (χ1v) is 6.64. The number of amides is 1. The fraction of sp³-hybridized carbons (Fsp3) is 0.385. The summed E-state index contributed by atoms with van der Waals surface area (Å²) in [5, 5.41) is 0.756. The Morgan fingerprint density at radius 2 is 2.11 bits per heavy atom. The molecule has 0 aliphatic carbocycles. The summed E-state index contributed by atoms with van der Waals surface area (Å²) in [7, 11) is 1.32. The quantitative estimate of drug-likeness (QED) is 0.789. The predicted octanol–water partition coefficient (Wildman–Crippen LogP) is 2.77. The number of hydrogen-bond donors (Lipinski definition) is 0. The van der Waals surface area contributed by atoms with Gasteiger partial charge in [0.05, 0.1) is 17.7 Å². The second kappa shape index (κ2) is 5.80. The number of nitrogens with zero attached hydrogens (tertiary/aromatic N) is 1. The lowest BCUT2D eigenvalue weighted by Crippen LogP contribution is -2.41. The van der Waals surface area contributed by atoms with Crippen molar-refractivity contribution >= 4 is 35.1 Å². The molecular formula is C13H13Cl2NO3. The van der Waals surface area contributed by atoms with Crippen LogP contribution >= 0.6 is 23.2 Å². The standard InChI is InChI=1S/C13H13Cl2NO3/c1-19-13(18)11-3-2-6-16(11)12(17)9-7-8(14)4-5-10(9)15/h4-5,7,11H,2-3,6H2,1H3. The third kappa shape index (κ3) is 2.85. The highest BCUT2D eigenvalue weighted by Crippen LogP contribution is 2.26.